The molecule has 5 atom stereocenters. The molecule has 2 rings (SSSR count). The predicted octanol–water partition coefficient (Wildman–Crippen LogP) is 4.76. The van der Waals surface area contributed by atoms with Gasteiger partial charge in [0.1, 0.15) is 30.1 Å². The Morgan fingerprint density at radius 2 is 1.97 bits per heavy atom. The summed E-state index contributed by atoms with van der Waals surface area (Å²) in [6.45, 7) is 3.89. The third-order valence-corrected chi connectivity index (χ3v) is 6.20. The molecule has 158 valence electrons. The van der Waals surface area contributed by atoms with E-state index in [-0.39, 0.29) is 21.5 Å². The SMILES string of the molecule is CC(=O)OCC1O[C@H](Sc2cc(Cl)c(Cl)cc2F)[C@@H](C)C(N=[N+]=[N-])[C@H]1OC(C)=O. The first kappa shape index (κ1) is 23.6. The van der Waals surface area contributed by atoms with E-state index < -0.39 is 47.4 Å². The van der Waals surface area contributed by atoms with Crippen molar-refractivity contribution in [2.45, 2.75) is 49.4 Å². The molecule has 2 unspecified atom stereocenters. The van der Waals surface area contributed by atoms with Crippen LogP contribution in [0.3, 0.4) is 0 Å². The van der Waals surface area contributed by atoms with Crippen molar-refractivity contribution in [2.24, 2.45) is 11.0 Å². The van der Waals surface area contributed by atoms with Gasteiger partial charge in [-0.1, -0.05) is 47.0 Å². The Kier molecular flexibility index (Phi) is 8.42. The lowest BCUT2D eigenvalue weighted by molar-refractivity contribution is -0.182. The highest BCUT2D eigenvalue weighted by Gasteiger charge is 2.46. The smallest absolute Gasteiger partial charge is 0.303 e. The van der Waals surface area contributed by atoms with Crippen molar-refractivity contribution in [2.75, 3.05) is 6.61 Å². The van der Waals surface area contributed by atoms with Crippen LogP contribution in [0.25, 0.3) is 10.4 Å². The number of benzene rings is 1. The van der Waals surface area contributed by atoms with Gasteiger partial charge in [-0.15, -0.1) is 0 Å². The van der Waals surface area contributed by atoms with Crippen molar-refractivity contribution in [3.63, 3.8) is 0 Å². The summed E-state index contributed by atoms with van der Waals surface area (Å²) < 4.78 is 30.6. The van der Waals surface area contributed by atoms with E-state index in [9.17, 15) is 14.0 Å². The van der Waals surface area contributed by atoms with Crippen LogP contribution in [0.1, 0.15) is 20.8 Å². The minimum Gasteiger partial charge on any atom is -0.463 e. The van der Waals surface area contributed by atoms with Gasteiger partial charge >= 0.3 is 11.9 Å². The van der Waals surface area contributed by atoms with Gasteiger partial charge in [0.25, 0.3) is 0 Å². The third kappa shape index (κ3) is 6.13. The highest BCUT2D eigenvalue weighted by molar-refractivity contribution is 7.99. The summed E-state index contributed by atoms with van der Waals surface area (Å²) >= 11 is 12.8. The third-order valence-electron chi connectivity index (χ3n) is 4.14. The second-order valence-corrected chi connectivity index (χ2v) is 8.24. The van der Waals surface area contributed by atoms with E-state index in [2.05, 4.69) is 10.0 Å². The molecular formula is C17H18Cl2FN3O5S. The molecule has 29 heavy (non-hydrogen) atoms. The molecule has 0 radical (unpaired) electrons. The summed E-state index contributed by atoms with van der Waals surface area (Å²) in [4.78, 5) is 25.8. The Bertz CT molecular complexity index is 840. The first-order chi connectivity index (χ1) is 13.6. The van der Waals surface area contributed by atoms with Gasteiger partial charge in [-0.3, -0.25) is 9.59 Å². The van der Waals surface area contributed by atoms with E-state index in [1.807, 2.05) is 0 Å². The van der Waals surface area contributed by atoms with Crippen LogP contribution in [-0.2, 0) is 23.8 Å². The van der Waals surface area contributed by atoms with Crippen LogP contribution in [0.5, 0.6) is 0 Å². The first-order valence-corrected chi connectivity index (χ1v) is 10.1. The number of carbonyl (C=O) groups excluding carboxylic acids is 2. The van der Waals surface area contributed by atoms with Crippen LogP contribution in [-0.4, -0.2) is 42.2 Å². The number of hydrogen-bond acceptors (Lipinski definition) is 7. The average molecular weight is 466 g/mol. The zero-order chi connectivity index (χ0) is 21.7. The number of thioether (sulfide) groups is 1. The van der Waals surface area contributed by atoms with Crippen LogP contribution >= 0.6 is 35.0 Å². The number of ether oxygens (including phenoxy) is 3. The highest BCUT2D eigenvalue weighted by Crippen LogP contribution is 2.41. The molecule has 1 aromatic rings. The number of azide groups is 1. The van der Waals surface area contributed by atoms with E-state index in [0.29, 0.717) is 0 Å². The minimum atomic E-state index is -0.978. The minimum absolute atomic E-state index is 0.0701. The van der Waals surface area contributed by atoms with Gasteiger partial charge in [-0.25, -0.2) is 4.39 Å². The Morgan fingerprint density at radius 1 is 1.31 bits per heavy atom. The number of carbonyl (C=O) groups is 2. The van der Waals surface area contributed by atoms with Gasteiger partial charge in [0.2, 0.25) is 0 Å². The van der Waals surface area contributed by atoms with Crippen molar-refractivity contribution in [3.8, 4) is 0 Å². The molecule has 1 heterocycles. The van der Waals surface area contributed by atoms with Gasteiger partial charge in [0.15, 0.2) is 0 Å². The largest absolute Gasteiger partial charge is 0.463 e. The van der Waals surface area contributed by atoms with Crippen molar-refractivity contribution < 1.29 is 28.2 Å². The maximum atomic E-state index is 14.3. The lowest BCUT2D eigenvalue weighted by Gasteiger charge is -2.43. The quantitative estimate of drug-likeness (QED) is 0.197. The summed E-state index contributed by atoms with van der Waals surface area (Å²) in [5, 5.41) is 3.99. The van der Waals surface area contributed by atoms with Crippen LogP contribution in [0.2, 0.25) is 10.0 Å². The number of hydrogen-bond donors (Lipinski definition) is 0. The molecule has 12 heteroatoms. The van der Waals surface area contributed by atoms with Crippen LogP contribution in [0.15, 0.2) is 22.1 Å². The molecule has 8 nitrogen and oxygen atoms in total. The molecule has 0 saturated carbocycles. The fraction of sp³-hybridized carbons (Fsp3) is 0.529. The Morgan fingerprint density at radius 3 is 2.55 bits per heavy atom. The normalized spacial score (nSPS) is 26.3. The molecule has 0 aliphatic carbocycles. The second kappa shape index (κ2) is 10.4. The highest BCUT2D eigenvalue weighted by atomic mass is 35.5. The zero-order valence-corrected chi connectivity index (χ0v) is 18.0. The maximum absolute atomic E-state index is 14.3. The molecule has 1 aliphatic rings. The predicted molar refractivity (Wildman–Crippen MR) is 105 cm³/mol. The van der Waals surface area contributed by atoms with E-state index >= 15 is 0 Å². The topological polar surface area (TPSA) is 111 Å². The monoisotopic (exact) mass is 465 g/mol. The summed E-state index contributed by atoms with van der Waals surface area (Å²) in [5.74, 6) is -2.26. The standard InChI is InChI=1S/C17H18Cl2FN3O5S/c1-7-15(22-23-21)16(27-9(3)25)13(6-26-8(2)24)28-17(7)29-14-5-11(19)10(18)4-12(14)20/h4-5,7,13,15-17H,6H2,1-3H3/t7-,13?,15?,16-,17+/m0/s1. The van der Waals surface area contributed by atoms with Crippen LogP contribution < -0.4 is 0 Å². The Balaban J connectivity index is 2.35. The maximum Gasteiger partial charge on any atom is 0.303 e. The van der Waals surface area contributed by atoms with E-state index in [1.54, 1.807) is 6.92 Å². The van der Waals surface area contributed by atoms with Crippen molar-refractivity contribution in [1.29, 1.82) is 0 Å². The fourth-order valence-corrected chi connectivity index (χ4v) is 4.37. The molecule has 0 N–H and O–H groups in total. The molecule has 1 aromatic carbocycles. The fourth-order valence-electron chi connectivity index (χ4n) is 2.81. The number of nitrogens with zero attached hydrogens (tertiary/aromatic N) is 3. The molecule has 1 aliphatic heterocycles. The molecule has 1 fully saturated rings. The molecule has 1 saturated heterocycles. The molecule has 0 amide bonds. The molecule has 0 aromatic heterocycles. The van der Waals surface area contributed by atoms with E-state index in [4.69, 9.17) is 42.9 Å². The van der Waals surface area contributed by atoms with Gasteiger partial charge < -0.3 is 14.2 Å². The van der Waals surface area contributed by atoms with E-state index in [0.717, 1.165) is 17.8 Å². The van der Waals surface area contributed by atoms with Crippen LogP contribution in [0.4, 0.5) is 4.39 Å². The Hall–Kier alpha value is -1.71. The average Bonchev–Trinajstić information content (AvgIpc) is 2.63. The second-order valence-electron chi connectivity index (χ2n) is 6.29. The zero-order valence-electron chi connectivity index (χ0n) is 15.7. The number of rotatable bonds is 6. The van der Waals surface area contributed by atoms with Crippen molar-refractivity contribution >= 4 is 46.9 Å². The first-order valence-electron chi connectivity index (χ1n) is 8.45. The van der Waals surface area contributed by atoms with Gasteiger partial charge in [0.05, 0.1) is 16.1 Å². The number of halogens is 3. The molecule has 0 spiro atoms. The molecule has 0 bridgehead atoms. The van der Waals surface area contributed by atoms with Gasteiger partial charge in [-0.05, 0) is 17.7 Å². The summed E-state index contributed by atoms with van der Waals surface area (Å²) in [7, 11) is 0. The lowest BCUT2D eigenvalue weighted by atomic mass is 9.91. The van der Waals surface area contributed by atoms with Crippen LogP contribution in [0, 0.1) is 11.7 Å². The van der Waals surface area contributed by atoms with Gasteiger partial charge in [-0.2, -0.15) is 0 Å². The summed E-state index contributed by atoms with van der Waals surface area (Å²) in [5.41, 5.74) is 8.25. The molecular weight excluding hydrogens is 448 g/mol. The van der Waals surface area contributed by atoms with Crippen molar-refractivity contribution in [3.05, 3.63) is 38.4 Å². The number of esters is 2. The van der Waals surface area contributed by atoms with Crippen molar-refractivity contribution in [1.82, 2.24) is 0 Å². The van der Waals surface area contributed by atoms with Gasteiger partial charge in [0, 0.05) is 29.6 Å². The van der Waals surface area contributed by atoms with E-state index in [1.165, 1.54) is 19.9 Å². The lowest BCUT2D eigenvalue weighted by Crippen LogP contribution is -2.55. The summed E-state index contributed by atoms with van der Waals surface area (Å²) in [6, 6.07) is 1.62. The Labute approximate surface area is 180 Å². The summed E-state index contributed by atoms with van der Waals surface area (Å²) in [6.07, 6.45) is -1.90.